The third-order valence-electron chi connectivity index (χ3n) is 4.45. The predicted molar refractivity (Wildman–Crippen MR) is 101 cm³/mol. The van der Waals surface area contributed by atoms with Crippen LogP contribution in [0.1, 0.15) is 22.8 Å². The zero-order valence-corrected chi connectivity index (χ0v) is 14.6. The zero-order valence-electron chi connectivity index (χ0n) is 14.6. The van der Waals surface area contributed by atoms with E-state index in [-0.39, 0.29) is 5.78 Å². The molecule has 0 aliphatic rings. The van der Waals surface area contributed by atoms with E-state index in [2.05, 4.69) is 24.3 Å². The summed E-state index contributed by atoms with van der Waals surface area (Å²) in [5.41, 5.74) is 2.10. The molecule has 1 heterocycles. The maximum atomic E-state index is 12.0. The summed E-state index contributed by atoms with van der Waals surface area (Å²) in [6.07, 6.45) is 1.57. The number of benzene rings is 3. The topological polar surface area (TPSA) is 48.7 Å². The van der Waals surface area contributed by atoms with E-state index >= 15 is 0 Å². The Balaban J connectivity index is 1.70. The fraction of sp³-hybridized carbons (Fsp3) is 0.136. The average Bonchev–Trinajstić information content (AvgIpc) is 3.15. The van der Waals surface area contributed by atoms with Gasteiger partial charge in [0.15, 0.2) is 17.1 Å². The zero-order chi connectivity index (χ0) is 18.1. The van der Waals surface area contributed by atoms with E-state index in [1.165, 1.54) is 12.3 Å². The van der Waals surface area contributed by atoms with Crippen molar-refractivity contribution in [3.8, 4) is 11.5 Å². The van der Waals surface area contributed by atoms with Crippen molar-refractivity contribution in [1.29, 1.82) is 0 Å². The van der Waals surface area contributed by atoms with E-state index in [9.17, 15) is 4.79 Å². The molecule has 0 aliphatic carbocycles. The number of hydrogen-bond acceptors (Lipinski definition) is 4. The first-order valence-corrected chi connectivity index (χ1v) is 8.37. The molecule has 130 valence electrons. The number of carbonyl (C=O) groups excluding carboxylic acids is 1. The molecular weight excluding hydrogens is 328 g/mol. The Bertz CT molecular complexity index is 1110. The third kappa shape index (κ3) is 2.80. The molecule has 0 unspecified atom stereocenters. The summed E-state index contributed by atoms with van der Waals surface area (Å²) in [5.74, 6) is 0.962. The molecule has 4 heteroatoms. The summed E-state index contributed by atoms with van der Waals surface area (Å²) in [6, 6.07) is 17.9. The third-order valence-corrected chi connectivity index (χ3v) is 4.45. The molecule has 4 rings (SSSR count). The summed E-state index contributed by atoms with van der Waals surface area (Å²) in [6.45, 7) is 1.89. The summed E-state index contributed by atoms with van der Waals surface area (Å²) >= 11 is 0. The Morgan fingerprint density at radius 3 is 2.62 bits per heavy atom. The SMILES string of the molecule is COc1c(C(C)=O)cc(OCc2ccc3ccccc3c2)c2occc12. The lowest BCUT2D eigenvalue weighted by Gasteiger charge is -2.12. The highest BCUT2D eigenvalue weighted by molar-refractivity contribution is 6.04. The Morgan fingerprint density at radius 2 is 1.85 bits per heavy atom. The Morgan fingerprint density at radius 1 is 1.04 bits per heavy atom. The lowest BCUT2D eigenvalue weighted by molar-refractivity contribution is 0.101. The molecule has 0 radical (unpaired) electrons. The molecule has 4 nitrogen and oxygen atoms in total. The molecule has 0 aliphatic heterocycles. The van der Waals surface area contributed by atoms with Crippen LogP contribution in [0.4, 0.5) is 0 Å². The highest BCUT2D eigenvalue weighted by Gasteiger charge is 2.19. The van der Waals surface area contributed by atoms with Gasteiger partial charge in [0.1, 0.15) is 12.4 Å². The molecule has 26 heavy (non-hydrogen) atoms. The molecule has 0 spiro atoms. The van der Waals surface area contributed by atoms with Crippen LogP contribution in [-0.4, -0.2) is 12.9 Å². The molecule has 0 atom stereocenters. The maximum Gasteiger partial charge on any atom is 0.179 e. The first kappa shape index (κ1) is 16.2. The second-order valence-corrected chi connectivity index (χ2v) is 6.15. The van der Waals surface area contributed by atoms with Gasteiger partial charge in [-0.15, -0.1) is 0 Å². The van der Waals surface area contributed by atoms with E-state index in [4.69, 9.17) is 13.9 Å². The normalized spacial score (nSPS) is 11.0. The molecule has 4 aromatic rings. The van der Waals surface area contributed by atoms with Crippen LogP contribution in [0.15, 0.2) is 65.3 Å². The number of rotatable bonds is 5. The van der Waals surface area contributed by atoms with Crippen molar-refractivity contribution in [3.63, 3.8) is 0 Å². The number of ether oxygens (including phenoxy) is 2. The molecule has 0 fully saturated rings. The van der Waals surface area contributed by atoms with Gasteiger partial charge in [0.2, 0.25) is 0 Å². The minimum Gasteiger partial charge on any atom is -0.495 e. The molecule has 0 bridgehead atoms. The number of ketones is 1. The van der Waals surface area contributed by atoms with Gasteiger partial charge in [-0.25, -0.2) is 0 Å². The van der Waals surface area contributed by atoms with Gasteiger partial charge >= 0.3 is 0 Å². The van der Waals surface area contributed by atoms with Gasteiger partial charge in [-0.3, -0.25) is 4.79 Å². The monoisotopic (exact) mass is 346 g/mol. The van der Waals surface area contributed by atoms with Crippen LogP contribution in [0.3, 0.4) is 0 Å². The van der Waals surface area contributed by atoms with Crippen LogP contribution in [0, 0.1) is 0 Å². The van der Waals surface area contributed by atoms with Crippen molar-refractivity contribution in [1.82, 2.24) is 0 Å². The first-order chi connectivity index (χ1) is 12.7. The van der Waals surface area contributed by atoms with E-state index in [0.29, 0.717) is 29.3 Å². The van der Waals surface area contributed by atoms with E-state index in [1.807, 2.05) is 18.2 Å². The van der Waals surface area contributed by atoms with Crippen molar-refractivity contribution in [3.05, 3.63) is 72.0 Å². The smallest absolute Gasteiger partial charge is 0.179 e. The van der Waals surface area contributed by atoms with Crippen molar-refractivity contribution in [2.24, 2.45) is 0 Å². The van der Waals surface area contributed by atoms with Crippen LogP contribution < -0.4 is 9.47 Å². The molecule has 1 aromatic heterocycles. The highest BCUT2D eigenvalue weighted by Crippen LogP contribution is 2.38. The summed E-state index contributed by atoms with van der Waals surface area (Å²) in [4.78, 5) is 12.0. The molecule has 3 aromatic carbocycles. The highest BCUT2D eigenvalue weighted by atomic mass is 16.5. The molecular formula is C22H18O4. The largest absolute Gasteiger partial charge is 0.495 e. The summed E-state index contributed by atoms with van der Waals surface area (Å²) < 4.78 is 17.0. The van der Waals surface area contributed by atoms with E-state index in [0.717, 1.165) is 16.3 Å². The maximum absolute atomic E-state index is 12.0. The fourth-order valence-corrected chi connectivity index (χ4v) is 3.16. The first-order valence-electron chi connectivity index (χ1n) is 8.37. The van der Waals surface area contributed by atoms with Crippen LogP contribution in [-0.2, 0) is 6.61 Å². The number of furan rings is 1. The van der Waals surface area contributed by atoms with Crippen LogP contribution >= 0.6 is 0 Å². The van der Waals surface area contributed by atoms with Gasteiger partial charge in [0.25, 0.3) is 0 Å². The van der Waals surface area contributed by atoms with Crippen LogP contribution in [0.2, 0.25) is 0 Å². The lowest BCUT2D eigenvalue weighted by atomic mass is 10.1. The van der Waals surface area contributed by atoms with Crippen molar-refractivity contribution < 1.29 is 18.7 Å². The Kier molecular flexibility index (Phi) is 4.09. The second-order valence-electron chi connectivity index (χ2n) is 6.15. The quantitative estimate of drug-likeness (QED) is 0.455. The Labute approximate surface area is 150 Å². The van der Waals surface area contributed by atoms with E-state index in [1.54, 1.807) is 25.5 Å². The van der Waals surface area contributed by atoms with Gasteiger partial charge in [0, 0.05) is 0 Å². The minimum atomic E-state index is -0.0829. The van der Waals surface area contributed by atoms with Gasteiger partial charge in [0.05, 0.1) is 24.3 Å². The van der Waals surface area contributed by atoms with Gasteiger partial charge in [-0.1, -0.05) is 36.4 Å². The van der Waals surface area contributed by atoms with Crippen molar-refractivity contribution in [2.45, 2.75) is 13.5 Å². The second kappa shape index (κ2) is 6.56. The standard InChI is InChI=1S/C22H18O4/c1-14(23)19-12-20(22-18(9-10-25-22)21(19)24-2)26-13-15-7-8-16-5-3-4-6-17(16)11-15/h3-12H,13H2,1-2H3. The average molecular weight is 346 g/mol. The number of methoxy groups -OCH3 is 1. The summed E-state index contributed by atoms with van der Waals surface area (Å²) in [5, 5.41) is 3.08. The van der Waals surface area contributed by atoms with Gasteiger partial charge < -0.3 is 13.9 Å². The lowest BCUT2D eigenvalue weighted by Crippen LogP contribution is -2.01. The number of fused-ring (bicyclic) bond motifs is 2. The molecule has 0 saturated carbocycles. The molecule has 0 N–H and O–H groups in total. The van der Waals surface area contributed by atoms with Gasteiger partial charge in [-0.2, -0.15) is 0 Å². The van der Waals surface area contributed by atoms with Crippen molar-refractivity contribution >= 4 is 27.5 Å². The predicted octanol–water partition coefficient (Wildman–Crippen LogP) is 5.38. The summed E-state index contributed by atoms with van der Waals surface area (Å²) in [7, 11) is 1.55. The molecule has 0 amide bonds. The van der Waals surface area contributed by atoms with Crippen molar-refractivity contribution in [2.75, 3.05) is 7.11 Å². The van der Waals surface area contributed by atoms with Crippen LogP contribution in [0.25, 0.3) is 21.7 Å². The van der Waals surface area contributed by atoms with Gasteiger partial charge in [-0.05, 0) is 41.5 Å². The van der Waals surface area contributed by atoms with Crippen LogP contribution in [0.5, 0.6) is 11.5 Å². The number of hydrogen-bond donors (Lipinski definition) is 0. The fourth-order valence-electron chi connectivity index (χ4n) is 3.16. The minimum absolute atomic E-state index is 0.0829. The van der Waals surface area contributed by atoms with E-state index < -0.39 is 0 Å². The number of Topliss-reactive ketones (excluding diaryl/α,β-unsaturated/α-hetero) is 1. The number of carbonyl (C=O) groups is 1. The molecule has 0 saturated heterocycles. The Hall–Kier alpha value is -3.27.